The molecule has 2 bridgehead atoms. The maximum atomic E-state index is 13.4. The van der Waals surface area contributed by atoms with Gasteiger partial charge in [0, 0.05) is 36.9 Å². The van der Waals surface area contributed by atoms with Gasteiger partial charge in [-0.05, 0) is 81.3 Å². The Kier molecular flexibility index (Phi) is 3.60. The fourth-order valence-electron chi connectivity index (χ4n) is 6.24. The Morgan fingerprint density at radius 1 is 1.00 bits per heavy atom. The summed E-state index contributed by atoms with van der Waals surface area (Å²) in [6, 6.07) is 7.68. The van der Waals surface area contributed by atoms with Crippen LogP contribution in [-0.4, -0.2) is 49.2 Å². The molecule has 4 aliphatic rings. The van der Waals surface area contributed by atoms with E-state index in [1.807, 2.05) is 13.0 Å². The molecule has 1 N–H and O–H groups in total. The lowest BCUT2D eigenvalue weighted by Gasteiger charge is -2.41. The van der Waals surface area contributed by atoms with Gasteiger partial charge in [0.2, 0.25) is 0 Å². The SMILES string of the molecule is Cc1cc(F)ccc1N1CCC(N2C3CCC2C2CNCC23)CC1. The number of benzene rings is 1. The molecule has 0 aromatic heterocycles. The minimum Gasteiger partial charge on any atom is -0.371 e. The van der Waals surface area contributed by atoms with E-state index in [9.17, 15) is 4.39 Å². The summed E-state index contributed by atoms with van der Waals surface area (Å²) in [5, 5.41) is 3.62. The van der Waals surface area contributed by atoms with Crippen molar-refractivity contribution in [2.24, 2.45) is 11.8 Å². The molecule has 4 saturated heterocycles. The second-order valence-electron chi connectivity index (χ2n) is 8.29. The van der Waals surface area contributed by atoms with Gasteiger partial charge in [0.25, 0.3) is 0 Å². The van der Waals surface area contributed by atoms with Crippen LogP contribution in [0.5, 0.6) is 0 Å². The van der Waals surface area contributed by atoms with Crippen molar-refractivity contribution in [3.8, 4) is 0 Å². The van der Waals surface area contributed by atoms with Gasteiger partial charge >= 0.3 is 0 Å². The number of nitrogens with zero attached hydrogens (tertiary/aromatic N) is 2. The van der Waals surface area contributed by atoms with Gasteiger partial charge in [0.15, 0.2) is 0 Å². The van der Waals surface area contributed by atoms with Crippen LogP contribution in [0.25, 0.3) is 0 Å². The first-order chi connectivity index (χ1) is 11.7. The Hall–Kier alpha value is -1.13. The zero-order valence-electron chi connectivity index (χ0n) is 14.5. The summed E-state index contributed by atoms with van der Waals surface area (Å²) in [6.45, 7) is 6.74. The van der Waals surface area contributed by atoms with E-state index in [-0.39, 0.29) is 5.82 Å². The van der Waals surface area contributed by atoms with Gasteiger partial charge in [-0.1, -0.05) is 0 Å². The fourth-order valence-corrected chi connectivity index (χ4v) is 6.24. The topological polar surface area (TPSA) is 18.5 Å². The standard InChI is InChI=1S/C20H28FN3/c1-13-10-14(21)2-3-18(13)23-8-6-15(7-9-23)24-19-4-5-20(24)17-12-22-11-16(17)19/h2-3,10,15-17,19-20,22H,4-9,11-12H2,1H3. The van der Waals surface area contributed by atoms with Crippen LogP contribution in [0.1, 0.15) is 31.2 Å². The number of hydrogen-bond donors (Lipinski definition) is 1. The molecule has 0 spiro atoms. The quantitative estimate of drug-likeness (QED) is 0.900. The van der Waals surface area contributed by atoms with Gasteiger partial charge in [-0.2, -0.15) is 0 Å². The molecular weight excluding hydrogens is 301 g/mol. The molecular formula is C20H28FN3. The first-order valence-corrected chi connectivity index (χ1v) is 9.71. The van der Waals surface area contributed by atoms with Gasteiger partial charge in [0.1, 0.15) is 5.82 Å². The Balaban J connectivity index is 1.28. The average molecular weight is 329 g/mol. The van der Waals surface area contributed by atoms with Crippen LogP contribution in [0.3, 0.4) is 0 Å². The van der Waals surface area contributed by atoms with Crippen molar-refractivity contribution >= 4 is 5.69 Å². The van der Waals surface area contributed by atoms with E-state index in [1.54, 1.807) is 12.1 Å². The molecule has 5 rings (SSSR count). The van der Waals surface area contributed by atoms with E-state index in [4.69, 9.17) is 0 Å². The fraction of sp³-hybridized carbons (Fsp3) is 0.700. The summed E-state index contributed by atoms with van der Waals surface area (Å²) in [4.78, 5) is 5.40. The molecule has 4 fully saturated rings. The third-order valence-corrected chi connectivity index (χ3v) is 7.21. The summed E-state index contributed by atoms with van der Waals surface area (Å²) >= 11 is 0. The summed E-state index contributed by atoms with van der Waals surface area (Å²) in [6.07, 6.45) is 5.36. The van der Waals surface area contributed by atoms with Gasteiger partial charge in [-0.15, -0.1) is 0 Å². The van der Waals surface area contributed by atoms with Crippen LogP contribution in [-0.2, 0) is 0 Å². The molecule has 24 heavy (non-hydrogen) atoms. The molecule has 0 saturated carbocycles. The Bertz CT molecular complexity index is 607. The third-order valence-electron chi connectivity index (χ3n) is 7.21. The molecule has 4 heteroatoms. The predicted octanol–water partition coefficient (Wildman–Crippen LogP) is 2.79. The number of piperidine rings is 1. The van der Waals surface area contributed by atoms with Crippen molar-refractivity contribution in [2.45, 2.75) is 50.7 Å². The molecule has 4 heterocycles. The van der Waals surface area contributed by atoms with Gasteiger partial charge in [-0.25, -0.2) is 4.39 Å². The monoisotopic (exact) mass is 329 g/mol. The molecule has 3 nitrogen and oxygen atoms in total. The number of nitrogens with one attached hydrogen (secondary N) is 1. The molecule has 130 valence electrons. The number of fused-ring (bicyclic) bond motifs is 5. The van der Waals surface area contributed by atoms with Gasteiger partial charge in [0.05, 0.1) is 0 Å². The highest BCUT2D eigenvalue weighted by Crippen LogP contribution is 2.49. The molecule has 4 aliphatic heterocycles. The van der Waals surface area contributed by atoms with Crippen molar-refractivity contribution in [1.29, 1.82) is 0 Å². The van der Waals surface area contributed by atoms with Crippen LogP contribution in [0.4, 0.5) is 10.1 Å². The second-order valence-corrected chi connectivity index (χ2v) is 8.29. The predicted molar refractivity (Wildman–Crippen MR) is 94.9 cm³/mol. The summed E-state index contributed by atoms with van der Waals surface area (Å²) in [7, 11) is 0. The Morgan fingerprint density at radius 3 is 2.29 bits per heavy atom. The van der Waals surface area contributed by atoms with E-state index < -0.39 is 0 Å². The molecule has 0 aliphatic carbocycles. The van der Waals surface area contributed by atoms with Crippen LogP contribution in [0, 0.1) is 24.6 Å². The zero-order chi connectivity index (χ0) is 16.3. The summed E-state index contributed by atoms with van der Waals surface area (Å²) in [5.74, 6) is 1.71. The van der Waals surface area contributed by atoms with E-state index in [0.29, 0.717) is 0 Å². The maximum absolute atomic E-state index is 13.4. The van der Waals surface area contributed by atoms with Crippen molar-refractivity contribution in [3.05, 3.63) is 29.6 Å². The van der Waals surface area contributed by atoms with Crippen LogP contribution in [0.15, 0.2) is 18.2 Å². The average Bonchev–Trinajstić information content (AvgIpc) is 3.27. The summed E-state index contributed by atoms with van der Waals surface area (Å²) in [5.41, 5.74) is 2.29. The minimum atomic E-state index is -0.125. The highest BCUT2D eigenvalue weighted by atomic mass is 19.1. The second kappa shape index (κ2) is 5.70. The molecule has 0 amide bonds. The van der Waals surface area contributed by atoms with Crippen molar-refractivity contribution in [1.82, 2.24) is 10.2 Å². The third kappa shape index (κ3) is 2.22. The smallest absolute Gasteiger partial charge is 0.123 e. The van der Waals surface area contributed by atoms with Crippen molar-refractivity contribution in [2.75, 3.05) is 31.1 Å². The molecule has 0 radical (unpaired) electrons. The van der Waals surface area contributed by atoms with Crippen molar-refractivity contribution in [3.63, 3.8) is 0 Å². The van der Waals surface area contributed by atoms with E-state index in [2.05, 4.69) is 15.1 Å². The highest BCUT2D eigenvalue weighted by molar-refractivity contribution is 5.53. The maximum Gasteiger partial charge on any atom is 0.123 e. The lowest BCUT2D eigenvalue weighted by Crippen LogP contribution is -2.48. The summed E-state index contributed by atoms with van der Waals surface area (Å²) < 4.78 is 13.4. The molecule has 1 aromatic rings. The van der Waals surface area contributed by atoms with Gasteiger partial charge in [-0.3, -0.25) is 4.90 Å². The number of anilines is 1. The van der Waals surface area contributed by atoms with Crippen LogP contribution < -0.4 is 10.2 Å². The zero-order valence-corrected chi connectivity index (χ0v) is 14.5. The van der Waals surface area contributed by atoms with Crippen LogP contribution >= 0.6 is 0 Å². The molecule has 1 aromatic carbocycles. The normalized spacial score (nSPS) is 36.5. The van der Waals surface area contributed by atoms with E-state index >= 15 is 0 Å². The number of rotatable bonds is 2. The Labute approximate surface area is 144 Å². The van der Waals surface area contributed by atoms with E-state index in [0.717, 1.165) is 48.6 Å². The molecule has 4 unspecified atom stereocenters. The number of aryl methyl sites for hydroxylation is 1. The first-order valence-electron chi connectivity index (χ1n) is 9.71. The highest BCUT2D eigenvalue weighted by Gasteiger charge is 2.56. The Morgan fingerprint density at radius 2 is 1.67 bits per heavy atom. The largest absolute Gasteiger partial charge is 0.371 e. The lowest BCUT2D eigenvalue weighted by molar-refractivity contribution is 0.134. The van der Waals surface area contributed by atoms with Gasteiger partial charge < -0.3 is 10.2 Å². The number of hydrogen-bond acceptors (Lipinski definition) is 3. The minimum absolute atomic E-state index is 0.125. The lowest BCUT2D eigenvalue weighted by atomic mass is 9.82. The number of halogens is 1. The molecule has 4 atom stereocenters. The van der Waals surface area contributed by atoms with Crippen molar-refractivity contribution < 1.29 is 4.39 Å². The van der Waals surface area contributed by atoms with E-state index in [1.165, 1.54) is 44.5 Å². The van der Waals surface area contributed by atoms with Crippen LogP contribution in [0.2, 0.25) is 0 Å². The first kappa shape index (κ1) is 15.2.